The van der Waals surface area contributed by atoms with E-state index in [4.69, 9.17) is 4.74 Å². The average Bonchev–Trinajstić information content (AvgIpc) is 3.05. The van der Waals surface area contributed by atoms with E-state index in [-0.39, 0.29) is 30.6 Å². The van der Waals surface area contributed by atoms with Crippen molar-refractivity contribution in [1.29, 1.82) is 0 Å². The van der Waals surface area contributed by atoms with Crippen molar-refractivity contribution in [2.24, 2.45) is 0 Å². The standard InChI is InChI=1S/C22H26FNO4S/c1-16(2)17-7-9-20(10-8-17)28-14-22(25)24(19-11-12-29(26,27)15-19)13-18-5-3-4-6-21(18)23/h3-10,16,19H,11-15H2,1-2H3. The number of sulfone groups is 1. The van der Waals surface area contributed by atoms with Crippen LogP contribution in [0.1, 0.15) is 37.3 Å². The summed E-state index contributed by atoms with van der Waals surface area (Å²) in [4.78, 5) is 14.3. The zero-order chi connectivity index (χ0) is 21.0. The van der Waals surface area contributed by atoms with Crippen LogP contribution in [0.3, 0.4) is 0 Å². The molecule has 1 heterocycles. The third kappa shape index (κ3) is 5.56. The summed E-state index contributed by atoms with van der Waals surface area (Å²) in [6, 6.07) is 13.2. The Labute approximate surface area is 171 Å². The monoisotopic (exact) mass is 419 g/mol. The van der Waals surface area contributed by atoms with E-state index < -0.39 is 21.7 Å². The van der Waals surface area contributed by atoms with E-state index in [1.807, 2.05) is 24.3 Å². The van der Waals surface area contributed by atoms with E-state index >= 15 is 0 Å². The number of rotatable bonds is 7. The number of halogens is 1. The fourth-order valence-electron chi connectivity index (χ4n) is 3.43. The van der Waals surface area contributed by atoms with Crippen molar-refractivity contribution in [2.45, 2.75) is 38.8 Å². The first kappa shape index (κ1) is 21.3. The first-order valence-corrected chi connectivity index (χ1v) is 11.5. The number of carbonyl (C=O) groups excluding carboxylic acids is 1. The minimum Gasteiger partial charge on any atom is -0.484 e. The van der Waals surface area contributed by atoms with Gasteiger partial charge in [0.05, 0.1) is 11.5 Å². The number of amides is 1. The van der Waals surface area contributed by atoms with Crippen molar-refractivity contribution >= 4 is 15.7 Å². The van der Waals surface area contributed by atoms with Crippen LogP contribution in [0.15, 0.2) is 48.5 Å². The number of ether oxygens (including phenoxy) is 1. The normalized spacial score (nSPS) is 18.0. The molecule has 1 amide bonds. The molecule has 1 saturated heterocycles. The van der Waals surface area contributed by atoms with Crippen molar-refractivity contribution in [3.63, 3.8) is 0 Å². The van der Waals surface area contributed by atoms with Crippen LogP contribution in [0.4, 0.5) is 4.39 Å². The number of carbonyl (C=O) groups is 1. The van der Waals surface area contributed by atoms with Gasteiger partial charge in [0.2, 0.25) is 0 Å². The highest BCUT2D eigenvalue weighted by Gasteiger charge is 2.35. The molecule has 0 saturated carbocycles. The Kier molecular flexibility index (Phi) is 6.57. The summed E-state index contributed by atoms with van der Waals surface area (Å²) in [5, 5.41) is 0. The van der Waals surface area contributed by atoms with Gasteiger partial charge in [-0.05, 0) is 36.1 Å². The highest BCUT2D eigenvalue weighted by Crippen LogP contribution is 2.22. The van der Waals surface area contributed by atoms with Gasteiger partial charge in [0.25, 0.3) is 5.91 Å². The Bertz CT molecular complexity index is 957. The fourth-order valence-corrected chi connectivity index (χ4v) is 5.16. The van der Waals surface area contributed by atoms with Crippen molar-refractivity contribution in [3.8, 4) is 5.75 Å². The summed E-state index contributed by atoms with van der Waals surface area (Å²) in [5.41, 5.74) is 1.52. The van der Waals surface area contributed by atoms with E-state index in [1.165, 1.54) is 16.5 Å². The lowest BCUT2D eigenvalue weighted by molar-refractivity contribution is -0.136. The SMILES string of the molecule is CC(C)c1ccc(OCC(=O)N(Cc2ccccc2F)C2CCS(=O)(=O)C2)cc1. The second kappa shape index (κ2) is 8.95. The molecule has 1 unspecified atom stereocenters. The highest BCUT2D eigenvalue weighted by atomic mass is 32.2. The van der Waals surface area contributed by atoms with E-state index in [0.29, 0.717) is 23.7 Å². The lowest BCUT2D eigenvalue weighted by Crippen LogP contribution is -2.43. The van der Waals surface area contributed by atoms with Crippen LogP contribution in [0.25, 0.3) is 0 Å². The zero-order valence-electron chi connectivity index (χ0n) is 16.7. The van der Waals surface area contributed by atoms with Crippen LogP contribution in [0, 0.1) is 5.82 Å². The largest absolute Gasteiger partial charge is 0.484 e. The molecule has 1 aliphatic rings. The van der Waals surface area contributed by atoms with Gasteiger partial charge in [0, 0.05) is 18.2 Å². The molecule has 3 rings (SSSR count). The van der Waals surface area contributed by atoms with Crippen LogP contribution >= 0.6 is 0 Å². The summed E-state index contributed by atoms with van der Waals surface area (Å²) < 4.78 is 43.6. The molecule has 2 aromatic rings. The lowest BCUT2D eigenvalue weighted by atomic mass is 10.0. The third-order valence-corrected chi connectivity index (χ3v) is 6.93. The van der Waals surface area contributed by atoms with Gasteiger partial charge in [-0.3, -0.25) is 4.79 Å². The van der Waals surface area contributed by atoms with Crippen molar-refractivity contribution < 1.29 is 22.3 Å². The molecule has 2 aromatic carbocycles. The molecule has 0 spiro atoms. The Balaban J connectivity index is 1.72. The van der Waals surface area contributed by atoms with Crippen LogP contribution in [-0.4, -0.2) is 43.4 Å². The predicted octanol–water partition coefficient (Wildman–Crippen LogP) is 3.54. The minimum absolute atomic E-state index is 0.0152. The van der Waals surface area contributed by atoms with Crippen LogP contribution in [0.2, 0.25) is 0 Å². The quantitative estimate of drug-likeness (QED) is 0.689. The molecule has 1 atom stereocenters. The van der Waals surface area contributed by atoms with E-state index in [1.54, 1.807) is 18.2 Å². The molecule has 5 nitrogen and oxygen atoms in total. The maximum absolute atomic E-state index is 14.1. The number of benzene rings is 2. The second-order valence-corrected chi connectivity index (χ2v) is 9.91. The summed E-state index contributed by atoms with van der Waals surface area (Å²) >= 11 is 0. The lowest BCUT2D eigenvalue weighted by Gasteiger charge is -2.28. The molecule has 0 aromatic heterocycles. The third-order valence-electron chi connectivity index (χ3n) is 5.18. The number of hydrogen-bond acceptors (Lipinski definition) is 4. The number of nitrogens with zero attached hydrogens (tertiary/aromatic N) is 1. The summed E-state index contributed by atoms with van der Waals surface area (Å²) in [6.07, 6.45) is 0.353. The molecular weight excluding hydrogens is 393 g/mol. The first-order chi connectivity index (χ1) is 13.7. The second-order valence-electron chi connectivity index (χ2n) is 7.68. The van der Waals surface area contributed by atoms with Crippen molar-refractivity contribution in [3.05, 3.63) is 65.5 Å². The predicted molar refractivity (Wildman–Crippen MR) is 110 cm³/mol. The minimum atomic E-state index is -3.18. The molecule has 0 radical (unpaired) electrons. The van der Waals surface area contributed by atoms with Gasteiger partial charge in [-0.25, -0.2) is 12.8 Å². The first-order valence-electron chi connectivity index (χ1n) is 9.71. The van der Waals surface area contributed by atoms with E-state index in [0.717, 1.165) is 0 Å². The maximum atomic E-state index is 14.1. The van der Waals surface area contributed by atoms with Crippen LogP contribution < -0.4 is 4.74 Å². The Morgan fingerprint density at radius 2 is 1.86 bits per heavy atom. The molecular formula is C22H26FNO4S. The molecule has 0 aliphatic carbocycles. The molecule has 156 valence electrons. The molecule has 7 heteroatoms. The highest BCUT2D eigenvalue weighted by molar-refractivity contribution is 7.91. The van der Waals surface area contributed by atoms with Gasteiger partial charge in [-0.1, -0.05) is 44.2 Å². The van der Waals surface area contributed by atoms with Gasteiger partial charge < -0.3 is 9.64 Å². The average molecular weight is 420 g/mol. The number of hydrogen-bond donors (Lipinski definition) is 0. The van der Waals surface area contributed by atoms with Gasteiger partial charge >= 0.3 is 0 Å². The summed E-state index contributed by atoms with van der Waals surface area (Å²) in [6.45, 7) is 3.97. The maximum Gasteiger partial charge on any atom is 0.261 e. The Morgan fingerprint density at radius 1 is 1.17 bits per heavy atom. The fraction of sp³-hybridized carbons (Fsp3) is 0.409. The zero-order valence-corrected chi connectivity index (χ0v) is 17.5. The summed E-state index contributed by atoms with van der Waals surface area (Å²) in [7, 11) is -3.18. The van der Waals surface area contributed by atoms with E-state index in [2.05, 4.69) is 13.8 Å². The van der Waals surface area contributed by atoms with Gasteiger partial charge in [0.1, 0.15) is 11.6 Å². The topological polar surface area (TPSA) is 63.7 Å². The van der Waals surface area contributed by atoms with Gasteiger partial charge in [0.15, 0.2) is 16.4 Å². The summed E-state index contributed by atoms with van der Waals surface area (Å²) in [5.74, 6) is 0.116. The van der Waals surface area contributed by atoms with Crippen LogP contribution in [0.5, 0.6) is 5.75 Å². The van der Waals surface area contributed by atoms with Crippen molar-refractivity contribution in [2.75, 3.05) is 18.1 Å². The van der Waals surface area contributed by atoms with Gasteiger partial charge in [-0.2, -0.15) is 0 Å². The molecule has 0 bridgehead atoms. The Hall–Kier alpha value is -2.41. The smallest absolute Gasteiger partial charge is 0.261 e. The molecule has 29 heavy (non-hydrogen) atoms. The molecule has 1 aliphatic heterocycles. The molecule has 1 fully saturated rings. The van der Waals surface area contributed by atoms with Crippen LogP contribution in [-0.2, 0) is 21.2 Å². The van der Waals surface area contributed by atoms with E-state index in [9.17, 15) is 17.6 Å². The van der Waals surface area contributed by atoms with Gasteiger partial charge in [-0.15, -0.1) is 0 Å². The molecule has 0 N–H and O–H groups in total. The Morgan fingerprint density at radius 3 is 2.45 bits per heavy atom. The van der Waals surface area contributed by atoms with Crippen molar-refractivity contribution in [1.82, 2.24) is 4.90 Å².